The van der Waals surface area contributed by atoms with E-state index >= 15 is 0 Å². The van der Waals surface area contributed by atoms with Gasteiger partial charge in [-0.1, -0.05) is 13.8 Å². The van der Waals surface area contributed by atoms with E-state index in [1.54, 1.807) is 7.05 Å². The number of hydrogen-bond donors (Lipinski definition) is 2. The summed E-state index contributed by atoms with van der Waals surface area (Å²) in [6.45, 7) is 12.8. The van der Waals surface area contributed by atoms with E-state index < -0.39 is 0 Å². The number of hydrogen-bond acceptors (Lipinski definition) is 2. The number of aliphatic imine (C=N–C) groups is 1. The quantitative estimate of drug-likeness (QED) is 0.414. The van der Waals surface area contributed by atoms with Crippen molar-refractivity contribution in [1.29, 1.82) is 0 Å². The van der Waals surface area contributed by atoms with Crippen molar-refractivity contribution >= 4 is 35.8 Å². The van der Waals surface area contributed by atoms with Gasteiger partial charge in [0.25, 0.3) is 0 Å². The summed E-state index contributed by atoms with van der Waals surface area (Å²) in [5.74, 6) is 2.32. The summed E-state index contributed by atoms with van der Waals surface area (Å²) in [7, 11) is 1.78. The molecule has 0 spiro atoms. The van der Waals surface area contributed by atoms with E-state index in [4.69, 9.17) is 0 Å². The van der Waals surface area contributed by atoms with Crippen LogP contribution in [0.15, 0.2) is 4.99 Å². The Labute approximate surface area is 152 Å². The van der Waals surface area contributed by atoms with Gasteiger partial charge in [0.2, 0.25) is 5.91 Å². The molecule has 1 aliphatic rings. The van der Waals surface area contributed by atoms with Crippen LogP contribution in [0.1, 0.15) is 47.5 Å². The first-order valence-corrected chi connectivity index (χ1v) is 7.98. The van der Waals surface area contributed by atoms with Gasteiger partial charge in [-0.25, -0.2) is 0 Å². The average molecular weight is 424 g/mol. The van der Waals surface area contributed by atoms with Gasteiger partial charge in [-0.15, -0.1) is 24.0 Å². The van der Waals surface area contributed by atoms with Crippen molar-refractivity contribution in [1.82, 2.24) is 15.5 Å². The number of nitrogens with one attached hydrogen (secondary N) is 2. The number of guanidine groups is 1. The van der Waals surface area contributed by atoms with Gasteiger partial charge >= 0.3 is 0 Å². The molecule has 1 unspecified atom stereocenters. The molecule has 0 saturated carbocycles. The van der Waals surface area contributed by atoms with E-state index in [1.165, 1.54) is 12.8 Å². The molecule has 0 aromatic carbocycles. The fraction of sp³-hybridized carbons (Fsp3) is 0.875. The second kappa shape index (κ2) is 9.57. The normalized spacial score (nSPS) is 19.1. The van der Waals surface area contributed by atoms with Crippen molar-refractivity contribution in [2.45, 2.75) is 53.0 Å². The minimum absolute atomic E-state index is 0. The van der Waals surface area contributed by atoms with Crippen LogP contribution in [0.25, 0.3) is 0 Å². The van der Waals surface area contributed by atoms with E-state index in [1.807, 2.05) is 20.8 Å². The SMILES string of the molecule is CN=C(NCC(=O)NC(C)(C)C)N1CCC(CC(C)C)C1.I. The lowest BCUT2D eigenvalue weighted by Gasteiger charge is -2.24. The zero-order valence-corrected chi connectivity index (χ0v) is 17.2. The third-order valence-corrected chi connectivity index (χ3v) is 3.52. The van der Waals surface area contributed by atoms with Crippen molar-refractivity contribution in [2.24, 2.45) is 16.8 Å². The molecule has 0 aliphatic carbocycles. The Morgan fingerprint density at radius 2 is 2.00 bits per heavy atom. The summed E-state index contributed by atoms with van der Waals surface area (Å²) in [4.78, 5) is 18.4. The molecule has 1 atom stereocenters. The minimum Gasteiger partial charge on any atom is -0.350 e. The van der Waals surface area contributed by atoms with E-state index in [-0.39, 0.29) is 42.0 Å². The molecule has 1 aliphatic heterocycles. The van der Waals surface area contributed by atoms with Crippen molar-refractivity contribution in [2.75, 3.05) is 26.7 Å². The van der Waals surface area contributed by atoms with Gasteiger partial charge in [-0.2, -0.15) is 0 Å². The first-order valence-electron chi connectivity index (χ1n) is 7.98. The summed E-state index contributed by atoms with van der Waals surface area (Å²) in [6.07, 6.45) is 2.48. The molecular weight excluding hydrogens is 391 g/mol. The van der Waals surface area contributed by atoms with Crippen LogP contribution in [-0.2, 0) is 4.79 Å². The average Bonchev–Trinajstić information content (AvgIpc) is 2.75. The Bertz CT molecular complexity index is 377. The topological polar surface area (TPSA) is 56.7 Å². The maximum atomic E-state index is 11.9. The number of likely N-dealkylation sites (tertiary alicyclic amines) is 1. The lowest BCUT2D eigenvalue weighted by Crippen LogP contribution is -2.48. The molecule has 0 aromatic rings. The highest BCUT2D eigenvalue weighted by molar-refractivity contribution is 14.0. The highest BCUT2D eigenvalue weighted by atomic mass is 127. The Morgan fingerprint density at radius 1 is 1.36 bits per heavy atom. The molecule has 1 fully saturated rings. The molecular formula is C16H33IN4O. The first-order chi connectivity index (χ1) is 9.71. The van der Waals surface area contributed by atoms with Crippen LogP contribution in [-0.4, -0.2) is 49.0 Å². The van der Waals surface area contributed by atoms with Gasteiger partial charge in [-0.05, 0) is 45.4 Å². The zero-order chi connectivity index (χ0) is 16.0. The van der Waals surface area contributed by atoms with E-state index in [9.17, 15) is 4.79 Å². The molecule has 6 heteroatoms. The molecule has 22 heavy (non-hydrogen) atoms. The molecule has 0 radical (unpaired) electrons. The number of amides is 1. The molecule has 2 N–H and O–H groups in total. The summed E-state index contributed by atoms with van der Waals surface area (Å²) >= 11 is 0. The van der Waals surface area contributed by atoms with Crippen molar-refractivity contribution in [3.05, 3.63) is 0 Å². The van der Waals surface area contributed by atoms with Gasteiger partial charge in [0.15, 0.2) is 5.96 Å². The fourth-order valence-corrected chi connectivity index (χ4v) is 2.84. The van der Waals surface area contributed by atoms with Gasteiger partial charge in [-0.3, -0.25) is 9.79 Å². The summed E-state index contributed by atoms with van der Waals surface area (Å²) in [5, 5.41) is 6.12. The maximum Gasteiger partial charge on any atom is 0.239 e. The van der Waals surface area contributed by atoms with E-state index in [0.29, 0.717) is 0 Å². The molecule has 0 aromatic heterocycles. The maximum absolute atomic E-state index is 11.9. The molecule has 5 nitrogen and oxygen atoms in total. The van der Waals surface area contributed by atoms with Crippen LogP contribution in [0.2, 0.25) is 0 Å². The van der Waals surface area contributed by atoms with Gasteiger partial charge < -0.3 is 15.5 Å². The number of nitrogens with zero attached hydrogens (tertiary/aromatic N) is 2. The lowest BCUT2D eigenvalue weighted by atomic mass is 9.97. The third-order valence-electron chi connectivity index (χ3n) is 3.52. The fourth-order valence-electron chi connectivity index (χ4n) is 2.84. The Balaban J connectivity index is 0.00000441. The standard InChI is InChI=1S/C16H32N4O.HI/c1-12(2)9-13-7-8-20(11-13)15(17-6)18-10-14(21)19-16(3,4)5;/h12-13H,7-11H2,1-6H3,(H,17,18)(H,19,21);1H. The molecule has 1 amide bonds. The largest absolute Gasteiger partial charge is 0.350 e. The van der Waals surface area contributed by atoms with Crippen LogP contribution >= 0.6 is 24.0 Å². The molecule has 130 valence electrons. The third kappa shape index (κ3) is 8.19. The van der Waals surface area contributed by atoms with Crippen molar-refractivity contribution < 1.29 is 4.79 Å². The summed E-state index contributed by atoms with van der Waals surface area (Å²) in [5.41, 5.74) is -0.196. The smallest absolute Gasteiger partial charge is 0.239 e. The monoisotopic (exact) mass is 424 g/mol. The summed E-state index contributed by atoms with van der Waals surface area (Å²) < 4.78 is 0. The van der Waals surface area contributed by atoms with Crippen molar-refractivity contribution in [3.63, 3.8) is 0 Å². The highest BCUT2D eigenvalue weighted by Gasteiger charge is 2.25. The van der Waals surface area contributed by atoms with Crippen LogP contribution in [0.4, 0.5) is 0 Å². The van der Waals surface area contributed by atoms with Crippen LogP contribution in [0.5, 0.6) is 0 Å². The first kappa shape index (κ1) is 21.5. The Morgan fingerprint density at radius 3 is 2.50 bits per heavy atom. The lowest BCUT2D eigenvalue weighted by molar-refractivity contribution is -0.121. The number of carbonyl (C=O) groups is 1. The van der Waals surface area contributed by atoms with Gasteiger partial charge in [0, 0.05) is 25.7 Å². The Kier molecular flexibility index (Phi) is 9.34. The number of rotatable bonds is 4. The van der Waals surface area contributed by atoms with Crippen molar-refractivity contribution in [3.8, 4) is 0 Å². The molecule has 0 bridgehead atoms. The summed E-state index contributed by atoms with van der Waals surface area (Å²) in [6, 6.07) is 0. The second-order valence-electron chi connectivity index (χ2n) is 7.43. The number of carbonyl (C=O) groups excluding carboxylic acids is 1. The molecule has 1 saturated heterocycles. The predicted molar refractivity (Wildman–Crippen MR) is 104 cm³/mol. The van der Waals surface area contributed by atoms with Crippen LogP contribution < -0.4 is 10.6 Å². The highest BCUT2D eigenvalue weighted by Crippen LogP contribution is 2.23. The van der Waals surface area contributed by atoms with Crippen LogP contribution in [0.3, 0.4) is 0 Å². The molecule has 1 rings (SSSR count). The minimum atomic E-state index is -0.196. The second-order valence-corrected chi connectivity index (χ2v) is 7.43. The Hall–Kier alpha value is -0.530. The van der Waals surface area contributed by atoms with Gasteiger partial charge in [0.05, 0.1) is 6.54 Å². The van der Waals surface area contributed by atoms with Crippen LogP contribution in [0, 0.1) is 11.8 Å². The van der Waals surface area contributed by atoms with E-state index in [2.05, 4.69) is 34.4 Å². The molecule has 1 heterocycles. The van der Waals surface area contributed by atoms with E-state index in [0.717, 1.165) is 30.9 Å². The predicted octanol–water partition coefficient (Wildman–Crippen LogP) is 2.46. The number of halogens is 1. The zero-order valence-electron chi connectivity index (χ0n) is 14.9. The van der Waals surface area contributed by atoms with Gasteiger partial charge in [0.1, 0.15) is 0 Å².